The van der Waals surface area contributed by atoms with Gasteiger partial charge in [0.2, 0.25) is 0 Å². The molecule has 1 aromatic carbocycles. The maximum Gasteiger partial charge on any atom is 0.262 e. The highest BCUT2D eigenvalue weighted by Gasteiger charge is 2.17. The van der Waals surface area contributed by atoms with Crippen LogP contribution in [0.5, 0.6) is 0 Å². The van der Waals surface area contributed by atoms with E-state index in [1.165, 1.54) is 6.08 Å². The Morgan fingerprint density at radius 1 is 1.45 bits per heavy atom. The number of carbonyl (C=O) groups is 1. The van der Waals surface area contributed by atoms with Crippen LogP contribution < -0.4 is 5.32 Å². The molecule has 1 saturated heterocycles. The number of nitriles is 1. The maximum absolute atomic E-state index is 12.0. The van der Waals surface area contributed by atoms with E-state index >= 15 is 0 Å². The molecule has 1 aliphatic heterocycles. The number of nitrogens with one attached hydrogen (secondary N) is 1. The van der Waals surface area contributed by atoms with E-state index in [9.17, 15) is 4.79 Å². The first kappa shape index (κ1) is 16.3. The van der Waals surface area contributed by atoms with Gasteiger partial charge >= 0.3 is 0 Å². The molecule has 22 heavy (non-hydrogen) atoms. The summed E-state index contributed by atoms with van der Waals surface area (Å²) in [7, 11) is 0. The minimum atomic E-state index is -0.433. The number of benzene rings is 1. The molecule has 0 bridgehead atoms. The first-order chi connectivity index (χ1) is 10.7. The number of halogens is 1. The zero-order chi connectivity index (χ0) is 15.8. The summed E-state index contributed by atoms with van der Waals surface area (Å²) in [6.07, 6.45) is 5.05. The average molecular weight is 317 g/mol. The van der Waals surface area contributed by atoms with Crippen LogP contribution in [0.4, 0.5) is 0 Å². The number of amides is 1. The number of ether oxygens (including phenoxy) is 1. The smallest absolute Gasteiger partial charge is 0.262 e. The first-order valence-electron chi connectivity index (χ1n) is 7.13. The lowest BCUT2D eigenvalue weighted by atomic mass is 10.2. The Morgan fingerprint density at radius 3 is 2.86 bits per heavy atom. The molecule has 1 amide bonds. The molecule has 0 spiro atoms. The van der Waals surface area contributed by atoms with Gasteiger partial charge in [0, 0.05) is 18.2 Å². The molecule has 0 radical (unpaired) electrons. The van der Waals surface area contributed by atoms with Crippen molar-refractivity contribution in [3.8, 4) is 6.07 Å². The van der Waals surface area contributed by atoms with E-state index in [-0.39, 0.29) is 11.7 Å². The Hall–Kier alpha value is -2.09. The molecule has 1 aromatic rings. The van der Waals surface area contributed by atoms with Gasteiger partial charge in [-0.05, 0) is 30.6 Å². The molecular formula is C17H17ClN2O2. The molecule has 1 heterocycles. The van der Waals surface area contributed by atoms with Crippen LogP contribution in [0.1, 0.15) is 18.4 Å². The minimum absolute atomic E-state index is 0.0184. The van der Waals surface area contributed by atoms with Crippen molar-refractivity contribution in [2.75, 3.05) is 13.2 Å². The van der Waals surface area contributed by atoms with Gasteiger partial charge in [0.05, 0.1) is 6.10 Å². The van der Waals surface area contributed by atoms with Crippen molar-refractivity contribution in [2.45, 2.75) is 18.9 Å². The van der Waals surface area contributed by atoms with Crippen LogP contribution in [0.3, 0.4) is 0 Å². The van der Waals surface area contributed by atoms with Crippen LogP contribution in [0.15, 0.2) is 47.0 Å². The maximum atomic E-state index is 12.0. The van der Waals surface area contributed by atoms with E-state index in [2.05, 4.69) is 5.32 Å². The summed E-state index contributed by atoms with van der Waals surface area (Å²) in [5, 5.41) is 12.1. The van der Waals surface area contributed by atoms with Gasteiger partial charge in [0.25, 0.3) is 5.91 Å². The van der Waals surface area contributed by atoms with Gasteiger partial charge in [-0.1, -0.05) is 41.9 Å². The summed E-state index contributed by atoms with van der Waals surface area (Å²) in [5.41, 5.74) is 0.885. The van der Waals surface area contributed by atoms with Gasteiger partial charge in [-0.15, -0.1) is 0 Å². The number of rotatable bonds is 5. The van der Waals surface area contributed by atoms with E-state index in [1.54, 1.807) is 6.08 Å². The van der Waals surface area contributed by atoms with E-state index in [1.807, 2.05) is 36.4 Å². The van der Waals surface area contributed by atoms with E-state index in [4.69, 9.17) is 21.6 Å². The van der Waals surface area contributed by atoms with Crippen LogP contribution in [0.2, 0.25) is 0 Å². The number of allylic oxidation sites excluding steroid dienone is 2. The molecular weight excluding hydrogens is 300 g/mol. The predicted molar refractivity (Wildman–Crippen MR) is 86.0 cm³/mol. The third-order valence-electron chi connectivity index (χ3n) is 3.27. The molecule has 1 fully saturated rings. The molecule has 0 unspecified atom stereocenters. The third-order valence-corrected chi connectivity index (χ3v) is 3.48. The highest BCUT2D eigenvalue weighted by Crippen LogP contribution is 2.14. The van der Waals surface area contributed by atoms with Gasteiger partial charge in [-0.2, -0.15) is 5.26 Å². The van der Waals surface area contributed by atoms with Crippen molar-refractivity contribution >= 4 is 23.6 Å². The van der Waals surface area contributed by atoms with Crippen molar-refractivity contribution in [3.05, 3.63) is 52.6 Å². The van der Waals surface area contributed by atoms with E-state index in [0.717, 1.165) is 25.0 Å². The van der Waals surface area contributed by atoms with Gasteiger partial charge < -0.3 is 10.1 Å². The largest absolute Gasteiger partial charge is 0.376 e. The molecule has 0 aromatic heterocycles. The SMILES string of the molecule is N#C/C(=C\C(Cl)=C\c1ccccc1)C(=O)NC[C@@H]1CCCO1. The Bertz CT molecular complexity index is 611. The molecule has 114 valence electrons. The molecule has 0 aliphatic carbocycles. The van der Waals surface area contributed by atoms with Gasteiger partial charge in [0.15, 0.2) is 0 Å². The lowest BCUT2D eigenvalue weighted by Crippen LogP contribution is -2.32. The van der Waals surface area contributed by atoms with Crippen LogP contribution in [0, 0.1) is 11.3 Å². The van der Waals surface area contributed by atoms with Crippen molar-refractivity contribution in [1.82, 2.24) is 5.32 Å². The molecule has 1 aliphatic rings. The van der Waals surface area contributed by atoms with Crippen LogP contribution >= 0.6 is 11.6 Å². The average Bonchev–Trinajstić information content (AvgIpc) is 3.04. The van der Waals surface area contributed by atoms with E-state index < -0.39 is 5.91 Å². The lowest BCUT2D eigenvalue weighted by Gasteiger charge is -2.10. The second-order valence-electron chi connectivity index (χ2n) is 4.95. The summed E-state index contributed by atoms with van der Waals surface area (Å²) < 4.78 is 5.42. The number of hydrogen-bond acceptors (Lipinski definition) is 3. The highest BCUT2D eigenvalue weighted by atomic mass is 35.5. The topological polar surface area (TPSA) is 62.1 Å². The molecule has 1 N–H and O–H groups in total. The second-order valence-corrected chi connectivity index (χ2v) is 5.39. The Kier molecular flexibility index (Phi) is 6.20. The molecule has 2 rings (SSSR count). The minimum Gasteiger partial charge on any atom is -0.376 e. The fourth-order valence-corrected chi connectivity index (χ4v) is 2.38. The third kappa shape index (κ3) is 5.03. The summed E-state index contributed by atoms with van der Waals surface area (Å²) in [5.74, 6) is -0.433. The summed E-state index contributed by atoms with van der Waals surface area (Å²) in [4.78, 5) is 12.0. The zero-order valence-electron chi connectivity index (χ0n) is 12.1. The van der Waals surface area contributed by atoms with E-state index in [0.29, 0.717) is 11.6 Å². The Balaban J connectivity index is 1.98. The van der Waals surface area contributed by atoms with Crippen molar-refractivity contribution in [3.63, 3.8) is 0 Å². The van der Waals surface area contributed by atoms with Gasteiger partial charge in [-0.3, -0.25) is 4.79 Å². The number of nitrogens with zero attached hydrogens (tertiary/aromatic N) is 1. The monoisotopic (exact) mass is 316 g/mol. The standard InChI is InChI=1S/C17H17ClN2O2/c18-15(9-13-5-2-1-3-6-13)10-14(11-19)17(21)20-12-16-7-4-8-22-16/h1-3,5-6,9-10,16H,4,7-8,12H2,(H,20,21)/b14-10+,15-9-/t16-/m0/s1. The number of carbonyl (C=O) groups excluding carboxylic acids is 1. The summed E-state index contributed by atoms with van der Waals surface area (Å²) in [6, 6.07) is 11.3. The summed E-state index contributed by atoms with van der Waals surface area (Å²) in [6.45, 7) is 1.14. The predicted octanol–water partition coefficient (Wildman–Crippen LogP) is 3.01. The Morgan fingerprint density at radius 2 is 2.23 bits per heavy atom. The zero-order valence-corrected chi connectivity index (χ0v) is 12.8. The summed E-state index contributed by atoms with van der Waals surface area (Å²) >= 11 is 6.09. The van der Waals surface area contributed by atoms with Crippen LogP contribution in [-0.2, 0) is 9.53 Å². The molecule has 0 saturated carbocycles. The van der Waals surface area contributed by atoms with Crippen molar-refractivity contribution in [2.24, 2.45) is 0 Å². The molecule has 4 nitrogen and oxygen atoms in total. The van der Waals surface area contributed by atoms with Crippen molar-refractivity contribution < 1.29 is 9.53 Å². The Labute approximate surface area is 135 Å². The molecule has 5 heteroatoms. The normalized spacial score (nSPS) is 18.8. The van der Waals surface area contributed by atoms with Crippen molar-refractivity contribution in [1.29, 1.82) is 5.26 Å². The van der Waals surface area contributed by atoms with Gasteiger partial charge in [0.1, 0.15) is 11.6 Å². The molecule has 1 atom stereocenters. The fraction of sp³-hybridized carbons (Fsp3) is 0.294. The van der Waals surface area contributed by atoms with Crippen LogP contribution in [-0.4, -0.2) is 25.2 Å². The van der Waals surface area contributed by atoms with Crippen LogP contribution in [0.25, 0.3) is 6.08 Å². The quantitative estimate of drug-likeness (QED) is 0.516. The second kappa shape index (κ2) is 8.38. The first-order valence-corrected chi connectivity index (χ1v) is 7.50. The number of hydrogen-bond donors (Lipinski definition) is 1. The lowest BCUT2D eigenvalue weighted by molar-refractivity contribution is -0.117. The van der Waals surface area contributed by atoms with Gasteiger partial charge in [-0.25, -0.2) is 0 Å². The highest BCUT2D eigenvalue weighted by molar-refractivity contribution is 6.33. The fourth-order valence-electron chi connectivity index (χ4n) is 2.14.